The number of anilines is 2. The van der Waals surface area contributed by atoms with Crippen molar-refractivity contribution < 1.29 is 31.9 Å². The Labute approximate surface area is 261 Å². The van der Waals surface area contributed by atoms with Crippen molar-refractivity contribution >= 4 is 44.9 Å². The van der Waals surface area contributed by atoms with Gasteiger partial charge >= 0.3 is 5.97 Å². The first-order valence-corrected chi connectivity index (χ1v) is 15.4. The van der Waals surface area contributed by atoms with E-state index >= 15 is 8.78 Å². The van der Waals surface area contributed by atoms with E-state index in [1.807, 2.05) is 35.1 Å². The molecular weight excluding hydrogens is 622 g/mol. The molecule has 0 aliphatic heterocycles. The first-order chi connectivity index (χ1) is 22.1. The number of carboxylic acids is 1. The summed E-state index contributed by atoms with van der Waals surface area (Å²) in [5.74, 6) is -3.40. The van der Waals surface area contributed by atoms with Crippen molar-refractivity contribution in [1.82, 2.24) is 19.3 Å². The van der Waals surface area contributed by atoms with Crippen LogP contribution in [0, 0.1) is 11.6 Å². The van der Waals surface area contributed by atoms with Crippen molar-refractivity contribution in [3.8, 4) is 0 Å². The number of nitrogens with zero attached hydrogens (tertiary/aromatic N) is 3. The van der Waals surface area contributed by atoms with Gasteiger partial charge in [-0.3, -0.25) is 14.4 Å². The average Bonchev–Trinajstić information content (AvgIpc) is 3.57. The maximum absolute atomic E-state index is 16.1. The Hall–Kier alpha value is -5.41. The molecule has 1 amide bonds. The molecule has 0 spiro atoms. The van der Waals surface area contributed by atoms with Gasteiger partial charge in [0.25, 0.3) is 0 Å². The number of aromatic amines is 1. The number of rotatable bonds is 14. The number of benzene rings is 3. The summed E-state index contributed by atoms with van der Waals surface area (Å²) >= 11 is 0. The molecule has 0 bridgehead atoms. The summed E-state index contributed by atoms with van der Waals surface area (Å²) in [4.78, 5) is 45.4. The van der Waals surface area contributed by atoms with Crippen LogP contribution in [0.3, 0.4) is 0 Å². The molecule has 5 rings (SSSR count). The summed E-state index contributed by atoms with van der Waals surface area (Å²) in [5.41, 5.74) is -1.09. The van der Waals surface area contributed by atoms with E-state index in [0.29, 0.717) is 11.3 Å². The van der Waals surface area contributed by atoms with E-state index in [0.717, 1.165) is 11.6 Å². The lowest BCUT2D eigenvalue weighted by atomic mass is 10.1. The molecule has 15 heteroatoms. The maximum Gasteiger partial charge on any atom is 0.323 e. The number of H-pyrrole nitrogens is 1. The Morgan fingerprint density at radius 1 is 1.11 bits per heavy atom. The van der Waals surface area contributed by atoms with E-state index in [4.69, 9.17) is 0 Å². The van der Waals surface area contributed by atoms with Gasteiger partial charge in [0, 0.05) is 37.2 Å². The summed E-state index contributed by atoms with van der Waals surface area (Å²) in [6.07, 6.45) is 4.67. The third kappa shape index (κ3) is 6.95. The fraction of sp³-hybridized carbons (Fsp3) is 0.161. The van der Waals surface area contributed by atoms with Crippen molar-refractivity contribution in [3.05, 3.63) is 118 Å². The number of carboxylic acid groups (broad SMARTS) is 1. The molecule has 0 radical (unpaired) electrons. The topological polar surface area (TPSA) is 166 Å². The van der Waals surface area contributed by atoms with Crippen LogP contribution in [-0.4, -0.2) is 53.0 Å². The molecule has 0 saturated heterocycles. The highest BCUT2D eigenvalue weighted by Crippen LogP contribution is 2.26. The lowest BCUT2D eigenvalue weighted by Gasteiger charge is -2.24. The molecule has 0 fully saturated rings. The summed E-state index contributed by atoms with van der Waals surface area (Å²) in [6, 6.07) is 15.1. The van der Waals surface area contributed by atoms with E-state index in [2.05, 4.69) is 15.3 Å². The van der Waals surface area contributed by atoms with Crippen LogP contribution in [0.2, 0.25) is 0 Å². The molecule has 46 heavy (non-hydrogen) atoms. The molecule has 1 atom stereocenters. The molecule has 0 aliphatic carbocycles. The molecule has 2 heterocycles. The molecular formula is C31H28F2N6O6S. The largest absolute Gasteiger partial charge is 0.480 e. The van der Waals surface area contributed by atoms with Gasteiger partial charge in [0.15, 0.2) is 11.8 Å². The molecule has 3 aromatic carbocycles. The quantitative estimate of drug-likeness (QED) is 0.133. The van der Waals surface area contributed by atoms with Gasteiger partial charge in [0.05, 0.1) is 22.3 Å². The molecule has 4 N–H and O–H groups in total. The fourth-order valence-corrected chi connectivity index (χ4v) is 6.10. The van der Waals surface area contributed by atoms with Gasteiger partial charge in [-0.25, -0.2) is 22.2 Å². The molecule has 12 nitrogen and oxygen atoms in total. The number of nitrogens with one attached hydrogen (secondary N) is 3. The number of hydrogen-bond acceptors (Lipinski definition) is 7. The maximum atomic E-state index is 16.1. The highest BCUT2D eigenvalue weighted by molar-refractivity contribution is 7.89. The van der Waals surface area contributed by atoms with E-state index in [1.54, 1.807) is 6.07 Å². The monoisotopic (exact) mass is 650 g/mol. The number of halogens is 2. The molecule has 1 unspecified atom stereocenters. The number of carbonyl (C=O) groups is 2. The number of hydrogen-bond donors (Lipinski definition) is 4. The third-order valence-electron chi connectivity index (χ3n) is 7.21. The summed E-state index contributed by atoms with van der Waals surface area (Å²) in [5, 5.41) is 12.2. The van der Waals surface area contributed by atoms with Crippen LogP contribution in [0.15, 0.2) is 95.0 Å². The lowest BCUT2D eigenvalue weighted by molar-refractivity contribution is -0.138. The van der Waals surface area contributed by atoms with Crippen molar-refractivity contribution in [2.24, 2.45) is 0 Å². The number of amides is 1. The van der Waals surface area contributed by atoms with Crippen molar-refractivity contribution in [1.29, 1.82) is 0 Å². The number of aryl methyl sites for hydroxylation is 2. The van der Waals surface area contributed by atoms with Gasteiger partial charge in [-0.1, -0.05) is 48.5 Å². The van der Waals surface area contributed by atoms with E-state index in [-0.39, 0.29) is 41.4 Å². The zero-order valence-corrected chi connectivity index (χ0v) is 24.9. The smallest absolute Gasteiger partial charge is 0.323 e. The van der Waals surface area contributed by atoms with Gasteiger partial charge in [-0.15, -0.1) is 0 Å². The molecule has 5 aromatic rings. The van der Waals surface area contributed by atoms with E-state index < -0.39 is 56.7 Å². The lowest BCUT2D eigenvalue weighted by Crippen LogP contribution is -2.49. The van der Waals surface area contributed by atoms with Gasteiger partial charge in [0.1, 0.15) is 17.5 Å². The van der Waals surface area contributed by atoms with Crippen LogP contribution in [-0.2, 0) is 39.1 Å². The number of sulfonamides is 1. The second-order valence-electron chi connectivity index (χ2n) is 10.2. The second-order valence-corrected chi connectivity index (χ2v) is 11.9. The summed E-state index contributed by atoms with van der Waals surface area (Å²) < 4.78 is 60.6. The molecule has 0 saturated carbocycles. The van der Waals surface area contributed by atoms with Crippen molar-refractivity contribution in [3.63, 3.8) is 0 Å². The standard InChI is InChI=1S/C31H28F2N6O6S/c32-24-15-22-28(27(33)23(24)16-36-31-34-12-13-35-31)38(14-11-20-7-3-1-4-8-20)18-26(29(22)41)39(19-40)17-25(30(42)43)37-46(44,45)21-9-5-2-6-10-21/h1-10,12-13,15,18-19,25,37H,11,14,16-17H2,(H,42,43)(H2,34,35,36). The SMILES string of the molecule is O=CN(CC(NS(=O)(=O)c1ccccc1)C(=O)O)c1cn(CCc2ccccc2)c2c(F)c(CNc3ncc[nH]3)c(F)cc2c1=O. The van der Waals surface area contributed by atoms with Gasteiger partial charge in [-0.05, 0) is 30.2 Å². The minimum absolute atomic E-state index is 0.0804. The van der Waals surface area contributed by atoms with Crippen LogP contribution in [0.5, 0.6) is 0 Å². The van der Waals surface area contributed by atoms with Gasteiger partial charge in [0.2, 0.25) is 21.9 Å². The summed E-state index contributed by atoms with van der Waals surface area (Å²) in [6.45, 7) is -1.03. The zero-order chi connectivity index (χ0) is 32.8. The Balaban J connectivity index is 1.57. The van der Waals surface area contributed by atoms with E-state index in [9.17, 15) is 27.9 Å². The first-order valence-electron chi connectivity index (χ1n) is 13.9. The second kappa shape index (κ2) is 13.7. The van der Waals surface area contributed by atoms with Crippen LogP contribution in [0.1, 0.15) is 11.1 Å². The number of imidazole rings is 1. The number of aromatic nitrogens is 3. The van der Waals surface area contributed by atoms with Crippen LogP contribution in [0.4, 0.5) is 20.4 Å². The highest BCUT2D eigenvalue weighted by Gasteiger charge is 2.29. The Kier molecular flexibility index (Phi) is 9.53. The van der Waals surface area contributed by atoms with Crippen LogP contribution < -0.4 is 20.4 Å². The normalized spacial score (nSPS) is 12.1. The number of aliphatic carboxylic acids is 1. The van der Waals surface area contributed by atoms with Crippen LogP contribution in [0.25, 0.3) is 10.9 Å². The van der Waals surface area contributed by atoms with Crippen molar-refractivity contribution in [2.45, 2.75) is 30.4 Å². The van der Waals surface area contributed by atoms with Crippen molar-refractivity contribution in [2.75, 3.05) is 16.8 Å². The molecule has 2 aromatic heterocycles. The number of pyridine rings is 1. The van der Waals surface area contributed by atoms with Crippen LogP contribution >= 0.6 is 0 Å². The van der Waals surface area contributed by atoms with Gasteiger partial charge in [-0.2, -0.15) is 4.72 Å². The number of fused-ring (bicyclic) bond motifs is 1. The van der Waals surface area contributed by atoms with Gasteiger partial charge < -0.3 is 24.9 Å². The Morgan fingerprint density at radius 2 is 1.80 bits per heavy atom. The minimum atomic E-state index is -4.34. The summed E-state index contributed by atoms with van der Waals surface area (Å²) in [7, 11) is -4.34. The highest BCUT2D eigenvalue weighted by atomic mass is 32.2. The Bertz CT molecular complexity index is 2020. The Morgan fingerprint density at radius 3 is 2.43 bits per heavy atom. The minimum Gasteiger partial charge on any atom is -0.480 e. The van der Waals surface area contributed by atoms with E-state index in [1.165, 1.54) is 47.4 Å². The average molecular weight is 651 g/mol. The zero-order valence-electron chi connectivity index (χ0n) is 24.1. The molecule has 238 valence electrons. The predicted molar refractivity (Wildman–Crippen MR) is 166 cm³/mol. The fourth-order valence-electron chi connectivity index (χ4n) is 4.90. The third-order valence-corrected chi connectivity index (χ3v) is 8.70. The molecule has 0 aliphatic rings. The number of carbonyl (C=O) groups excluding carboxylic acids is 1. The first kappa shape index (κ1) is 32.0. The predicted octanol–water partition coefficient (Wildman–Crippen LogP) is 3.25.